The number of carbonyl (C=O) groups is 1. The van der Waals surface area contributed by atoms with Gasteiger partial charge in [0, 0.05) is 11.9 Å². The fourth-order valence-electron chi connectivity index (χ4n) is 1.54. The summed E-state index contributed by atoms with van der Waals surface area (Å²) in [5, 5.41) is 0. The molecule has 0 fully saturated rings. The van der Waals surface area contributed by atoms with Gasteiger partial charge in [0.05, 0.1) is 5.56 Å². The predicted octanol–water partition coefficient (Wildman–Crippen LogP) is 3.01. The van der Waals surface area contributed by atoms with Gasteiger partial charge in [0.2, 0.25) is 0 Å². The molecule has 0 saturated heterocycles. The van der Waals surface area contributed by atoms with Crippen molar-refractivity contribution >= 4 is 6.29 Å². The minimum Gasteiger partial charge on any atom is -0.298 e. The molecule has 3 heteroatoms. The molecule has 1 aromatic carbocycles. The van der Waals surface area contributed by atoms with E-state index in [0.29, 0.717) is 6.29 Å². The van der Waals surface area contributed by atoms with Crippen LogP contribution in [0.1, 0.15) is 16.1 Å². The number of carbonyl (C=O) groups excluding carboxylic acids is 1. The molecular weight excluding hydrogens is 205 g/mol. The molecule has 2 aromatic rings. The molecule has 0 atom stereocenters. The number of halogens is 1. The average Bonchev–Trinajstić information content (AvgIpc) is 2.29. The molecule has 0 aliphatic carbocycles. The summed E-state index contributed by atoms with van der Waals surface area (Å²) in [4.78, 5) is 14.7. The molecule has 16 heavy (non-hydrogen) atoms. The van der Waals surface area contributed by atoms with Crippen LogP contribution in [0.5, 0.6) is 0 Å². The van der Waals surface area contributed by atoms with Gasteiger partial charge in [-0.3, -0.25) is 9.78 Å². The first-order valence-corrected chi connectivity index (χ1v) is 4.88. The summed E-state index contributed by atoms with van der Waals surface area (Å²) in [6.07, 6.45) is 2.21. The zero-order valence-corrected chi connectivity index (χ0v) is 8.77. The molecule has 1 aromatic heterocycles. The van der Waals surface area contributed by atoms with Crippen molar-refractivity contribution in [1.29, 1.82) is 0 Å². The lowest BCUT2D eigenvalue weighted by Gasteiger charge is -2.03. The van der Waals surface area contributed by atoms with E-state index >= 15 is 0 Å². The number of benzene rings is 1. The largest absolute Gasteiger partial charge is 0.298 e. The van der Waals surface area contributed by atoms with Gasteiger partial charge >= 0.3 is 0 Å². The first kappa shape index (κ1) is 10.5. The van der Waals surface area contributed by atoms with Crippen LogP contribution >= 0.6 is 0 Å². The third-order valence-electron chi connectivity index (χ3n) is 2.35. The van der Waals surface area contributed by atoms with Crippen molar-refractivity contribution in [3.8, 4) is 11.1 Å². The number of rotatable bonds is 2. The Labute approximate surface area is 92.8 Å². The molecule has 0 bridgehead atoms. The van der Waals surface area contributed by atoms with E-state index in [0.717, 1.165) is 16.8 Å². The first-order valence-electron chi connectivity index (χ1n) is 4.88. The zero-order chi connectivity index (χ0) is 11.5. The Kier molecular flexibility index (Phi) is 2.77. The number of aryl methyl sites for hydroxylation is 1. The van der Waals surface area contributed by atoms with E-state index in [-0.39, 0.29) is 5.56 Å². The van der Waals surface area contributed by atoms with Gasteiger partial charge in [0.25, 0.3) is 0 Å². The Morgan fingerprint density at radius 3 is 2.62 bits per heavy atom. The van der Waals surface area contributed by atoms with E-state index in [1.165, 1.54) is 12.1 Å². The van der Waals surface area contributed by atoms with E-state index in [1.807, 2.05) is 19.1 Å². The molecule has 0 amide bonds. The van der Waals surface area contributed by atoms with Crippen molar-refractivity contribution in [2.75, 3.05) is 0 Å². The minimum absolute atomic E-state index is 0.0759. The standard InChI is InChI=1S/C13H10FNO/c1-9-6-11(4-5-15-9)10-2-3-13(14)12(7-10)8-16/h2-8H,1H3. The highest BCUT2D eigenvalue weighted by Gasteiger charge is 2.04. The Morgan fingerprint density at radius 2 is 1.94 bits per heavy atom. The minimum atomic E-state index is -0.496. The normalized spacial score (nSPS) is 10.1. The maximum absolute atomic E-state index is 13.1. The fourth-order valence-corrected chi connectivity index (χ4v) is 1.54. The molecule has 2 nitrogen and oxygen atoms in total. The molecule has 80 valence electrons. The number of pyridine rings is 1. The topological polar surface area (TPSA) is 30.0 Å². The van der Waals surface area contributed by atoms with Gasteiger partial charge in [-0.25, -0.2) is 4.39 Å². The Balaban J connectivity index is 2.52. The predicted molar refractivity (Wildman–Crippen MR) is 59.8 cm³/mol. The zero-order valence-electron chi connectivity index (χ0n) is 8.77. The molecular formula is C13H10FNO. The molecule has 0 unspecified atom stereocenters. The lowest BCUT2D eigenvalue weighted by molar-refractivity contribution is 0.112. The van der Waals surface area contributed by atoms with Crippen LogP contribution in [0.3, 0.4) is 0 Å². The Morgan fingerprint density at radius 1 is 1.19 bits per heavy atom. The van der Waals surface area contributed by atoms with Crippen LogP contribution in [0, 0.1) is 12.7 Å². The second-order valence-electron chi connectivity index (χ2n) is 3.54. The molecule has 0 spiro atoms. The summed E-state index contributed by atoms with van der Waals surface area (Å²) in [7, 11) is 0. The summed E-state index contributed by atoms with van der Waals surface area (Å²) >= 11 is 0. The Hall–Kier alpha value is -2.03. The van der Waals surface area contributed by atoms with Crippen molar-refractivity contribution in [3.63, 3.8) is 0 Å². The molecule has 0 saturated carbocycles. The summed E-state index contributed by atoms with van der Waals surface area (Å²) in [6, 6.07) is 8.21. The SMILES string of the molecule is Cc1cc(-c2ccc(F)c(C=O)c2)ccn1. The van der Waals surface area contributed by atoms with Crippen LogP contribution in [0.4, 0.5) is 4.39 Å². The van der Waals surface area contributed by atoms with Gasteiger partial charge in [0.1, 0.15) is 5.82 Å². The number of hydrogen-bond donors (Lipinski definition) is 0. The van der Waals surface area contributed by atoms with Crippen LogP contribution in [0.2, 0.25) is 0 Å². The third kappa shape index (κ3) is 1.98. The van der Waals surface area contributed by atoms with Crippen LogP contribution < -0.4 is 0 Å². The number of aromatic nitrogens is 1. The van der Waals surface area contributed by atoms with E-state index in [2.05, 4.69) is 4.98 Å². The highest BCUT2D eigenvalue weighted by atomic mass is 19.1. The van der Waals surface area contributed by atoms with Crippen LogP contribution in [0.25, 0.3) is 11.1 Å². The van der Waals surface area contributed by atoms with Crippen LogP contribution in [0.15, 0.2) is 36.5 Å². The van der Waals surface area contributed by atoms with Gasteiger partial charge in [-0.05, 0) is 42.3 Å². The summed E-state index contributed by atoms with van der Waals surface area (Å²) in [5.41, 5.74) is 2.70. The monoisotopic (exact) mass is 215 g/mol. The lowest BCUT2D eigenvalue weighted by atomic mass is 10.0. The van der Waals surface area contributed by atoms with Crippen molar-refractivity contribution < 1.29 is 9.18 Å². The number of aldehydes is 1. The molecule has 0 aliphatic heterocycles. The van der Waals surface area contributed by atoms with Gasteiger partial charge < -0.3 is 0 Å². The number of nitrogens with zero attached hydrogens (tertiary/aromatic N) is 1. The molecule has 0 aliphatic rings. The van der Waals surface area contributed by atoms with E-state index in [1.54, 1.807) is 12.3 Å². The van der Waals surface area contributed by atoms with Crippen molar-refractivity contribution in [3.05, 3.63) is 53.6 Å². The summed E-state index contributed by atoms with van der Waals surface area (Å²) in [6.45, 7) is 1.88. The van der Waals surface area contributed by atoms with Gasteiger partial charge in [0.15, 0.2) is 6.29 Å². The van der Waals surface area contributed by atoms with E-state index in [9.17, 15) is 9.18 Å². The molecule has 0 N–H and O–H groups in total. The van der Waals surface area contributed by atoms with Crippen LogP contribution in [-0.2, 0) is 0 Å². The highest BCUT2D eigenvalue weighted by molar-refractivity contribution is 5.79. The fraction of sp³-hybridized carbons (Fsp3) is 0.0769. The Bertz CT molecular complexity index is 537. The summed E-state index contributed by atoms with van der Waals surface area (Å²) < 4.78 is 13.1. The van der Waals surface area contributed by atoms with Crippen molar-refractivity contribution in [2.24, 2.45) is 0 Å². The van der Waals surface area contributed by atoms with Crippen molar-refractivity contribution in [1.82, 2.24) is 4.98 Å². The summed E-state index contributed by atoms with van der Waals surface area (Å²) in [5.74, 6) is -0.496. The van der Waals surface area contributed by atoms with Gasteiger partial charge in [-0.1, -0.05) is 6.07 Å². The highest BCUT2D eigenvalue weighted by Crippen LogP contribution is 2.21. The maximum Gasteiger partial charge on any atom is 0.153 e. The average molecular weight is 215 g/mol. The maximum atomic E-state index is 13.1. The van der Waals surface area contributed by atoms with E-state index in [4.69, 9.17) is 0 Å². The molecule has 1 heterocycles. The van der Waals surface area contributed by atoms with Gasteiger partial charge in [-0.15, -0.1) is 0 Å². The second kappa shape index (κ2) is 4.23. The smallest absolute Gasteiger partial charge is 0.153 e. The molecule has 2 rings (SSSR count). The first-order chi connectivity index (χ1) is 7.70. The number of hydrogen-bond acceptors (Lipinski definition) is 2. The van der Waals surface area contributed by atoms with Crippen LogP contribution in [-0.4, -0.2) is 11.3 Å². The third-order valence-corrected chi connectivity index (χ3v) is 2.35. The quantitative estimate of drug-likeness (QED) is 0.721. The molecule has 0 radical (unpaired) electrons. The second-order valence-corrected chi connectivity index (χ2v) is 3.54. The van der Waals surface area contributed by atoms with Gasteiger partial charge in [-0.2, -0.15) is 0 Å². The lowest BCUT2D eigenvalue weighted by Crippen LogP contribution is -1.89. The van der Waals surface area contributed by atoms with E-state index < -0.39 is 5.82 Å². The van der Waals surface area contributed by atoms with Crippen molar-refractivity contribution in [2.45, 2.75) is 6.92 Å².